The number of hydrogen-bond acceptors (Lipinski definition) is 7. The number of thiazole rings is 1. The van der Waals surface area contributed by atoms with Crippen molar-refractivity contribution in [1.82, 2.24) is 9.13 Å². The molecular weight excluding hydrogens is 586 g/mol. The molecule has 0 fully saturated rings. The molecule has 0 saturated carbocycles. The van der Waals surface area contributed by atoms with E-state index in [2.05, 4.69) is 4.57 Å². The van der Waals surface area contributed by atoms with E-state index in [0.29, 0.717) is 42.7 Å². The maximum atomic E-state index is 14.1. The van der Waals surface area contributed by atoms with E-state index in [9.17, 15) is 9.59 Å². The predicted octanol–water partition coefficient (Wildman–Crippen LogP) is 5.66. The highest BCUT2D eigenvalue weighted by atomic mass is 35.5. The molecule has 8 nitrogen and oxygen atoms in total. The second-order valence-corrected chi connectivity index (χ2v) is 12.0. The van der Waals surface area contributed by atoms with Gasteiger partial charge in [-0.15, -0.1) is 0 Å². The third-order valence-corrected chi connectivity index (χ3v) is 8.46. The summed E-state index contributed by atoms with van der Waals surface area (Å²) in [6.07, 6.45) is 1.83. The number of fused-ring (bicyclic) bond motifs is 1. The number of aromatic nitrogens is 2. The molecule has 0 bridgehead atoms. The Balaban J connectivity index is 1.69. The molecule has 0 N–H and O–H groups in total. The van der Waals surface area contributed by atoms with Crippen LogP contribution in [0.2, 0.25) is 5.02 Å². The standard InChI is InChI=1S/C33H34ClN3O5S/c1-8-41-32(39)29-20(5)35-33-37(30(29)22-9-14-26(42-18(2)3)27(16-22)40-7)31(38)28(43-33)17-23-15-19(4)36(21(23)6)25-12-10-24(34)11-13-25/h9-18,30H,8H2,1-7H3/b28-17+/t30-/m1/s1. The first-order valence-electron chi connectivity index (χ1n) is 14.0. The Labute approximate surface area is 259 Å². The molecule has 43 heavy (non-hydrogen) atoms. The lowest BCUT2D eigenvalue weighted by Crippen LogP contribution is -2.40. The molecule has 0 spiro atoms. The smallest absolute Gasteiger partial charge is 0.338 e. The molecule has 0 amide bonds. The number of nitrogens with zero attached hydrogens (tertiary/aromatic N) is 3. The van der Waals surface area contributed by atoms with Crippen molar-refractivity contribution in [1.29, 1.82) is 0 Å². The van der Waals surface area contributed by atoms with Gasteiger partial charge in [-0.25, -0.2) is 9.79 Å². The van der Waals surface area contributed by atoms with E-state index in [1.54, 1.807) is 37.7 Å². The lowest BCUT2D eigenvalue weighted by molar-refractivity contribution is -0.139. The summed E-state index contributed by atoms with van der Waals surface area (Å²) in [7, 11) is 1.56. The van der Waals surface area contributed by atoms with Gasteiger partial charge < -0.3 is 18.8 Å². The Morgan fingerprint density at radius 2 is 1.81 bits per heavy atom. The molecule has 4 aromatic rings. The molecule has 10 heteroatoms. The van der Waals surface area contributed by atoms with Crippen molar-refractivity contribution in [3.05, 3.63) is 107 Å². The van der Waals surface area contributed by atoms with Crippen LogP contribution in [0.25, 0.3) is 11.8 Å². The van der Waals surface area contributed by atoms with E-state index in [-0.39, 0.29) is 18.3 Å². The largest absolute Gasteiger partial charge is 0.493 e. The van der Waals surface area contributed by atoms with Gasteiger partial charge in [0.1, 0.15) is 0 Å². The highest BCUT2D eigenvalue weighted by Crippen LogP contribution is 2.36. The number of carbonyl (C=O) groups is 1. The molecule has 0 radical (unpaired) electrons. The number of hydrogen-bond donors (Lipinski definition) is 0. The number of methoxy groups -OCH3 is 1. The average Bonchev–Trinajstić information content (AvgIpc) is 3.42. The lowest BCUT2D eigenvalue weighted by Gasteiger charge is -2.25. The number of esters is 1. The maximum absolute atomic E-state index is 14.1. The predicted molar refractivity (Wildman–Crippen MR) is 169 cm³/mol. The summed E-state index contributed by atoms with van der Waals surface area (Å²) >= 11 is 7.40. The second-order valence-electron chi connectivity index (χ2n) is 10.5. The highest BCUT2D eigenvalue weighted by molar-refractivity contribution is 7.07. The number of halogens is 1. The van der Waals surface area contributed by atoms with Crippen molar-refractivity contribution >= 4 is 35.0 Å². The number of benzene rings is 2. The van der Waals surface area contributed by atoms with Crippen LogP contribution in [0, 0.1) is 13.8 Å². The Bertz CT molecular complexity index is 1910. The van der Waals surface area contributed by atoms with Crippen molar-refractivity contribution in [2.24, 2.45) is 4.99 Å². The van der Waals surface area contributed by atoms with Crippen LogP contribution in [0.15, 0.2) is 69.6 Å². The average molecular weight is 620 g/mol. The number of allylic oxidation sites excluding steroid dienone is 1. The molecular formula is C33H34ClN3O5S. The summed E-state index contributed by atoms with van der Waals surface area (Å²) in [5.41, 5.74) is 5.13. The minimum atomic E-state index is -0.763. The number of ether oxygens (including phenoxy) is 3. The van der Waals surface area contributed by atoms with Crippen LogP contribution in [0.3, 0.4) is 0 Å². The molecule has 224 valence electrons. The monoisotopic (exact) mass is 619 g/mol. The van der Waals surface area contributed by atoms with Crippen LogP contribution in [0.1, 0.15) is 56.3 Å². The summed E-state index contributed by atoms with van der Waals surface area (Å²) in [6, 6.07) is 14.4. The minimum absolute atomic E-state index is 0.0590. The quantitative estimate of drug-likeness (QED) is 0.238. The van der Waals surface area contributed by atoms with Crippen molar-refractivity contribution in [2.45, 2.75) is 53.7 Å². The van der Waals surface area contributed by atoms with Gasteiger partial charge in [-0.3, -0.25) is 9.36 Å². The molecule has 2 aromatic heterocycles. The highest BCUT2D eigenvalue weighted by Gasteiger charge is 2.34. The molecule has 1 aliphatic rings. The zero-order valence-corrected chi connectivity index (χ0v) is 26.8. The van der Waals surface area contributed by atoms with Crippen LogP contribution in [-0.2, 0) is 9.53 Å². The summed E-state index contributed by atoms with van der Waals surface area (Å²) in [4.78, 5) is 32.6. The number of rotatable bonds is 8. The lowest BCUT2D eigenvalue weighted by atomic mass is 9.95. The number of aryl methyl sites for hydroxylation is 1. The summed E-state index contributed by atoms with van der Waals surface area (Å²) in [6.45, 7) is 11.6. The summed E-state index contributed by atoms with van der Waals surface area (Å²) in [5.74, 6) is 0.555. The van der Waals surface area contributed by atoms with Crippen molar-refractivity contribution < 1.29 is 19.0 Å². The van der Waals surface area contributed by atoms with Gasteiger partial charge in [0.05, 0.1) is 41.7 Å². The second kappa shape index (κ2) is 12.3. The van der Waals surface area contributed by atoms with E-state index in [4.69, 9.17) is 30.8 Å². The van der Waals surface area contributed by atoms with Gasteiger partial charge in [0.25, 0.3) is 5.56 Å². The van der Waals surface area contributed by atoms with Gasteiger partial charge in [-0.2, -0.15) is 0 Å². The Kier molecular flexibility index (Phi) is 8.66. The maximum Gasteiger partial charge on any atom is 0.338 e. The van der Waals surface area contributed by atoms with Gasteiger partial charge in [0, 0.05) is 22.1 Å². The molecule has 0 saturated heterocycles. The molecule has 0 unspecified atom stereocenters. The number of carbonyl (C=O) groups excluding carboxylic acids is 1. The van der Waals surface area contributed by atoms with Crippen molar-refractivity contribution in [3.8, 4) is 17.2 Å². The fourth-order valence-electron chi connectivity index (χ4n) is 5.37. The van der Waals surface area contributed by atoms with Gasteiger partial charge >= 0.3 is 5.97 Å². The fraction of sp³-hybridized carbons (Fsp3) is 0.303. The van der Waals surface area contributed by atoms with E-state index < -0.39 is 12.0 Å². The molecule has 3 heterocycles. The zero-order chi connectivity index (χ0) is 31.0. The minimum Gasteiger partial charge on any atom is -0.493 e. The van der Waals surface area contributed by atoms with E-state index in [1.165, 1.54) is 11.3 Å². The van der Waals surface area contributed by atoms with Crippen LogP contribution >= 0.6 is 22.9 Å². The van der Waals surface area contributed by atoms with Crippen molar-refractivity contribution in [3.63, 3.8) is 0 Å². The molecule has 1 atom stereocenters. The summed E-state index contributed by atoms with van der Waals surface area (Å²) < 4.78 is 21.2. The van der Waals surface area contributed by atoms with Crippen molar-refractivity contribution in [2.75, 3.05) is 13.7 Å². The Hall–Kier alpha value is -4.08. The van der Waals surface area contributed by atoms with Gasteiger partial charge in [-0.1, -0.05) is 29.0 Å². The fourth-order valence-corrected chi connectivity index (χ4v) is 6.54. The summed E-state index contributed by atoms with van der Waals surface area (Å²) in [5, 5.41) is 0.666. The SMILES string of the molecule is CCOC(=O)C1=C(C)N=c2s/c(=C/c3cc(C)n(-c4ccc(Cl)cc4)c3C)c(=O)n2[C@@H]1c1ccc(OC(C)C)c(OC)c1. The first-order chi connectivity index (χ1) is 20.5. The molecule has 2 aromatic carbocycles. The first kappa shape index (κ1) is 30.4. The normalized spacial score (nSPS) is 15.0. The zero-order valence-electron chi connectivity index (χ0n) is 25.2. The van der Waals surface area contributed by atoms with Crippen LogP contribution in [0.5, 0.6) is 11.5 Å². The van der Waals surface area contributed by atoms with Gasteiger partial charge in [0.2, 0.25) is 0 Å². The van der Waals surface area contributed by atoms with Crippen LogP contribution in [0.4, 0.5) is 0 Å². The molecule has 5 rings (SSSR count). The third-order valence-electron chi connectivity index (χ3n) is 7.22. The first-order valence-corrected chi connectivity index (χ1v) is 15.2. The third kappa shape index (κ3) is 5.79. The van der Waals surface area contributed by atoms with Gasteiger partial charge in [-0.05, 0) is 101 Å². The van der Waals surface area contributed by atoms with E-state index >= 15 is 0 Å². The van der Waals surface area contributed by atoms with E-state index in [0.717, 1.165) is 22.6 Å². The topological polar surface area (TPSA) is 84.1 Å². The van der Waals surface area contributed by atoms with Crippen LogP contribution in [-0.4, -0.2) is 34.9 Å². The molecule has 1 aliphatic heterocycles. The molecule has 0 aliphatic carbocycles. The Morgan fingerprint density at radius 3 is 2.47 bits per heavy atom. The Morgan fingerprint density at radius 1 is 1.09 bits per heavy atom. The van der Waals surface area contributed by atoms with Gasteiger partial charge in [0.15, 0.2) is 16.3 Å². The van der Waals surface area contributed by atoms with E-state index in [1.807, 2.05) is 70.2 Å². The van der Waals surface area contributed by atoms with Crippen LogP contribution < -0.4 is 24.4 Å².